The van der Waals surface area contributed by atoms with Crippen LogP contribution < -0.4 is 5.32 Å². The maximum Gasteiger partial charge on any atom is 0.105 e. The number of ether oxygens (including phenoxy) is 1. The van der Waals surface area contributed by atoms with Crippen LogP contribution in [0.1, 0.15) is 51.9 Å². The second-order valence-corrected chi connectivity index (χ2v) is 6.11. The molecule has 106 valence electrons. The first-order chi connectivity index (χ1) is 8.54. The van der Waals surface area contributed by atoms with Crippen LogP contribution in [0.4, 0.5) is 0 Å². The molecule has 2 unspecified atom stereocenters. The minimum absolute atomic E-state index is 0.117. The molecule has 18 heavy (non-hydrogen) atoms. The summed E-state index contributed by atoms with van der Waals surface area (Å²) in [5, 5.41) is 24.1. The van der Waals surface area contributed by atoms with Crippen LogP contribution in [0.2, 0.25) is 0 Å². The zero-order valence-electron chi connectivity index (χ0n) is 11.5. The Morgan fingerprint density at radius 2 is 1.72 bits per heavy atom. The van der Waals surface area contributed by atoms with Crippen molar-refractivity contribution in [2.75, 3.05) is 19.7 Å². The number of nitrogens with one attached hydrogen (secondary N) is 1. The zero-order chi connectivity index (χ0) is 13.1. The molecule has 2 aliphatic rings. The van der Waals surface area contributed by atoms with Crippen LogP contribution in [-0.4, -0.2) is 47.2 Å². The average Bonchev–Trinajstić information content (AvgIpc) is 2.52. The van der Waals surface area contributed by atoms with E-state index in [0.29, 0.717) is 26.1 Å². The van der Waals surface area contributed by atoms with E-state index >= 15 is 0 Å². The first-order valence-corrected chi connectivity index (χ1v) is 7.31. The predicted molar refractivity (Wildman–Crippen MR) is 70.5 cm³/mol. The van der Waals surface area contributed by atoms with E-state index in [0.717, 1.165) is 25.7 Å². The van der Waals surface area contributed by atoms with E-state index in [2.05, 4.69) is 5.32 Å². The molecule has 0 amide bonds. The second kappa shape index (κ2) is 5.87. The molecule has 0 bridgehead atoms. The summed E-state index contributed by atoms with van der Waals surface area (Å²) in [5.74, 6) is 0. The standard InChI is InChI=1S/C14H27NO3/c1-12-14(17,8-9-18-12)11-15-10-13(16)6-4-2-3-5-7-13/h12,15-17H,2-11H2,1H3. The third kappa shape index (κ3) is 3.44. The van der Waals surface area contributed by atoms with E-state index in [-0.39, 0.29) is 6.10 Å². The van der Waals surface area contributed by atoms with Gasteiger partial charge >= 0.3 is 0 Å². The van der Waals surface area contributed by atoms with Crippen molar-refractivity contribution >= 4 is 0 Å². The fourth-order valence-electron chi connectivity index (χ4n) is 3.08. The van der Waals surface area contributed by atoms with Crippen molar-refractivity contribution < 1.29 is 14.9 Å². The molecule has 2 atom stereocenters. The van der Waals surface area contributed by atoms with Gasteiger partial charge in [0.15, 0.2) is 0 Å². The molecule has 2 fully saturated rings. The lowest BCUT2D eigenvalue weighted by atomic mass is 9.93. The number of hydrogen-bond donors (Lipinski definition) is 3. The Balaban J connectivity index is 1.77. The highest BCUT2D eigenvalue weighted by atomic mass is 16.5. The molecule has 4 heteroatoms. The molecule has 0 aromatic heterocycles. The van der Waals surface area contributed by atoms with Gasteiger partial charge in [-0.15, -0.1) is 0 Å². The Labute approximate surface area is 110 Å². The minimum Gasteiger partial charge on any atom is -0.389 e. The summed E-state index contributed by atoms with van der Waals surface area (Å²) >= 11 is 0. The van der Waals surface area contributed by atoms with Gasteiger partial charge in [0, 0.05) is 26.1 Å². The van der Waals surface area contributed by atoms with Crippen LogP contribution in [0.25, 0.3) is 0 Å². The summed E-state index contributed by atoms with van der Waals surface area (Å²) in [5.41, 5.74) is -1.34. The van der Waals surface area contributed by atoms with Gasteiger partial charge in [-0.2, -0.15) is 0 Å². The molecule has 1 aliphatic heterocycles. The Kier molecular flexibility index (Phi) is 4.64. The molecule has 0 radical (unpaired) electrons. The lowest BCUT2D eigenvalue weighted by Crippen LogP contribution is -2.50. The zero-order valence-corrected chi connectivity index (χ0v) is 11.5. The molecular formula is C14H27NO3. The topological polar surface area (TPSA) is 61.7 Å². The maximum atomic E-state index is 10.5. The summed E-state index contributed by atoms with van der Waals surface area (Å²) in [6, 6.07) is 0. The van der Waals surface area contributed by atoms with Crippen molar-refractivity contribution in [1.29, 1.82) is 0 Å². The summed E-state index contributed by atoms with van der Waals surface area (Å²) in [6.07, 6.45) is 7.01. The molecule has 0 aromatic rings. The molecule has 3 N–H and O–H groups in total. The number of aliphatic hydroxyl groups is 2. The fraction of sp³-hybridized carbons (Fsp3) is 1.00. The third-order valence-corrected chi connectivity index (χ3v) is 4.58. The van der Waals surface area contributed by atoms with Crippen LogP contribution in [0.5, 0.6) is 0 Å². The highest BCUT2D eigenvalue weighted by Crippen LogP contribution is 2.28. The Morgan fingerprint density at radius 3 is 2.28 bits per heavy atom. The molecule has 1 saturated heterocycles. The molecule has 0 aromatic carbocycles. The monoisotopic (exact) mass is 257 g/mol. The predicted octanol–water partition coefficient (Wildman–Crippen LogP) is 1.20. The minimum atomic E-state index is -0.763. The molecule has 4 nitrogen and oxygen atoms in total. The van der Waals surface area contributed by atoms with Gasteiger partial charge in [-0.1, -0.05) is 25.7 Å². The van der Waals surface area contributed by atoms with Gasteiger partial charge in [-0.3, -0.25) is 0 Å². The van der Waals surface area contributed by atoms with Crippen molar-refractivity contribution in [2.24, 2.45) is 0 Å². The molecule has 1 aliphatic carbocycles. The lowest BCUT2D eigenvalue weighted by Gasteiger charge is -2.31. The van der Waals surface area contributed by atoms with Crippen LogP contribution in [0.3, 0.4) is 0 Å². The van der Waals surface area contributed by atoms with E-state index in [1.807, 2.05) is 6.92 Å². The third-order valence-electron chi connectivity index (χ3n) is 4.58. The summed E-state index contributed by atoms with van der Waals surface area (Å²) in [6.45, 7) is 3.64. The number of rotatable bonds is 4. The maximum absolute atomic E-state index is 10.5. The summed E-state index contributed by atoms with van der Waals surface area (Å²) < 4.78 is 5.40. The Morgan fingerprint density at radius 1 is 1.06 bits per heavy atom. The van der Waals surface area contributed by atoms with Crippen molar-refractivity contribution in [1.82, 2.24) is 5.32 Å². The van der Waals surface area contributed by atoms with Gasteiger partial charge in [-0.25, -0.2) is 0 Å². The van der Waals surface area contributed by atoms with Gasteiger partial charge in [0.2, 0.25) is 0 Å². The van der Waals surface area contributed by atoms with Gasteiger partial charge in [0.25, 0.3) is 0 Å². The van der Waals surface area contributed by atoms with E-state index < -0.39 is 11.2 Å². The molecule has 0 spiro atoms. The van der Waals surface area contributed by atoms with Crippen molar-refractivity contribution in [3.63, 3.8) is 0 Å². The van der Waals surface area contributed by atoms with Gasteiger partial charge in [0.1, 0.15) is 5.60 Å². The van der Waals surface area contributed by atoms with E-state index in [1.165, 1.54) is 12.8 Å². The first kappa shape index (κ1) is 14.3. The average molecular weight is 257 g/mol. The Bertz CT molecular complexity index is 264. The van der Waals surface area contributed by atoms with Gasteiger partial charge in [0.05, 0.1) is 11.7 Å². The normalized spacial score (nSPS) is 36.5. The lowest BCUT2D eigenvalue weighted by molar-refractivity contribution is -0.0332. The van der Waals surface area contributed by atoms with Crippen molar-refractivity contribution in [3.8, 4) is 0 Å². The molecule has 1 saturated carbocycles. The first-order valence-electron chi connectivity index (χ1n) is 7.31. The quantitative estimate of drug-likeness (QED) is 0.662. The van der Waals surface area contributed by atoms with E-state index in [4.69, 9.17) is 4.74 Å². The highest BCUT2D eigenvalue weighted by molar-refractivity contribution is 4.93. The second-order valence-electron chi connectivity index (χ2n) is 6.11. The summed E-state index contributed by atoms with van der Waals surface area (Å²) in [4.78, 5) is 0. The fourth-order valence-corrected chi connectivity index (χ4v) is 3.08. The van der Waals surface area contributed by atoms with Gasteiger partial charge in [-0.05, 0) is 19.8 Å². The van der Waals surface area contributed by atoms with Crippen LogP contribution >= 0.6 is 0 Å². The van der Waals surface area contributed by atoms with E-state index in [1.54, 1.807) is 0 Å². The molecular weight excluding hydrogens is 230 g/mol. The largest absolute Gasteiger partial charge is 0.389 e. The number of hydrogen-bond acceptors (Lipinski definition) is 4. The smallest absolute Gasteiger partial charge is 0.105 e. The van der Waals surface area contributed by atoms with Crippen LogP contribution in [-0.2, 0) is 4.74 Å². The Hall–Kier alpha value is -0.160. The van der Waals surface area contributed by atoms with Crippen LogP contribution in [0, 0.1) is 0 Å². The molecule has 2 rings (SSSR count). The van der Waals surface area contributed by atoms with Crippen molar-refractivity contribution in [2.45, 2.75) is 69.2 Å². The van der Waals surface area contributed by atoms with Crippen molar-refractivity contribution in [3.05, 3.63) is 0 Å². The molecule has 1 heterocycles. The van der Waals surface area contributed by atoms with Crippen LogP contribution in [0.15, 0.2) is 0 Å². The SMILES string of the molecule is CC1OCCC1(O)CNCC1(O)CCCCCC1. The van der Waals surface area contributed by atoms with Gasteiger partial charge < -0.3 is 20.3 Å². The van der Waals surface area contributed by atoms with E-state index in [9.17, 15) is 10.2 Å². The highest BCUT2D eigenvalue weighted by Gasteiger charge is 2.39. The summed E-state index contributed by atoms with van der Waals surface area (Å²) in [7, 11) is 0.